The fourth-order valence-electron chi connectivity index (χ4n) is 2.02. The molecule has 2 heterocycles. The van der Waals surface area contributed by atoms with Gasteiger partial charge in [0, 0.05) is 19.7 Å². The summed E-state index contributed by atoms with van der Waals surface area (Å²) in [5.41, 5.74) is 0. The zero-order valence-corrected chi connectivity index (χ0v) is 11.3. The van der Waals surface area contributed by atoms with Gasteiger partial charge in [0.25, 0.3) is 10.0 Å². The van der Waals surface area contributed by atoms with E-state index in [1.165, 1.54) is 21.8 Å². The molecule has 0 radical (unpaired) electrons. The molecule has 96 valence electrons. The Labute approximate surface area is 105 Å². The summed E-state index contributed by atoms with van der Waals surface area (Å²) >= 11 is 1.21. The number of aliphatic hydroxyl groups is 1. The van der Waals surface area contributed by atoms with Crippen LogP contribution in [-0.4, -0.2) is 42.5 Å². The van der Waals surface area contributed by atoms with Crippen molar-refractivity contribution in [1.82, 2.24) is 9.29 Å². The van der Waals surface area contributed by atoms with Gasteiger partial charge in [-0.2, -0.15) is 4.31 Å². The van der Waals surface area contributed by atoms with Crippen LogP contribution in [0.3, 0.4) is 0 Å². The van der Waals surface area contributed by atoms with Crippen LogP contribution < -0.4 is 0 Å². The monoisotopic (exact) mass is 276 g/mol. The number of aryl methyl sites for hydroxylation is 1. The van der Waals surface area contributed by atoms with E-state index in [4.69, 9.17) is 5.11 Å². The summed E-state index contributed by atoms with van der Waals surface area (Å²) in [4.78, 5) is 3.98. The lowest BCUT2D eigenvalue weighted by molar-refractivity contribution is 0.260. The first-order valence-electron chi connectivity index (χ1n) is 5.57. The average Bonchev–Trinajstić information content (AvgIpc) is 2.88. The summed E-state index contributed by atoms with van der Waals surface area (Å²) in [5, 5.41) is 9.62. The van der Waals surface area contributed by atoms with Crippen molar-refractivity contribution in [2.24, 2.45) is 5.92 Å². The minimum absolute atomic E-state index is 0.123. The molecule has 0 spiro atoms. The van der Waals surface area contributed by atoms with E-state index >= 15 is 0 Å². The lowest BCUT2D eigenvalue weighted by atomic mass is 10.1. The van der Waals surface area contributed by atoms with Gasteiger partial charge in [0.2, 0.25) is 0 Å². The van der Waals surface area contributed by atoms with E-state index in [1.54, 1.807) is 6.92 Å². The molecule has 5 nitrogen and oxygen atoms in total. The molecule has 0 saturated carbocycles. The molecule has 1 aliphatic heterocycles. The van der Waals surface area contributed by atoms with Crippen LogP contribution >= 0.6 is 11.3 Å². The van der Waals surface area contributed by atoms with Gasteiger partial charge in [0.1, 0.15) is 0 Å². The second kappa shape index (κ2) is 5.01. The van der Waals surface area contributed by atoms with Gasteiger partial charge in [-0.3, -0.25) is 0 Å². The molecular weight excluding hydrogens is 260 g/mol. The van der Waals surface area contributed by atoms with Crippen LogP contribution in [0.5, 0.6) is 0 Å². The molecule has 1 fully saturated rings. The van der Waals surface area contributed by atoms with Crippen LogP contribution in [0.2, 0.25) is 0 Å². The number of aromatic nitrogens is 1. The Hall–Kier alpha value is -0.500. The van der Waals surface area contributed by atoms with Crippen molar-refractivity contribution in [3.8, 4) is 0 Å². The Bertz CT molecular complexity index is 483. The van der Waals surface area contributed by atoms with Crippen LogP contribution in [0.4, 0.5) is 0 Å². The van der Waals surface area contributed by atoms with Gasteiger partial charge < -0.3 is 5.11 Å². The molecular formula is C10H16N2O3S2. The van der Waals surface area contributed by atoms with Gasteiger partial charge in [0.15, 0.2) is 4.21 Å². The lowest BCUT2D eigenvalue weighted by Crippen LogP contribution is -2.28. The normalized spacial score (nSPS) is 22.1. The third kappa shape index (κ3) is 2.67. The van der Waals surface area contributed by atoms with Crippen molar-refractivity contribution >= 4 is 21.4 Å². The fourth-order valence-corrected chi connectivity index (χ4v) is 4.82. The molecule has 2 rings (SSSR count). The molecule has 1 atom stereocenters. The maximum absolute atomic E-state index is 12.2. The highest BCUT2D eigenvalue weighted by Crippen LogP contribution is 2.28. The molecule has 1 N–H and O–H groups in total. The maximum Gasteiger partial charge on any atom is 0.254 e. The predicted molar refractivity (Wildman–Crippen MR) is 65.4 cm³/mol. The van der Waals surface area contributed by atoms with Crippen LogP contribution in [0, 0.1) is 12.8 Å². The Kier molecular flexibility index (Phi) is 3.82. The summed E-state index contributed by atoms with van der Waals surface area (Å²) in [5.74, 6) is 0.281. The van der Waals surface area contributed by atoms with Gasteiger partial charge in [-0.15, -0.1) is 11.3 Å². The van der Waals surface area contributed by atoms with Crippen LogP contribution in [0.25, 0.3) is 0 Å². The van der Waals surface area contributed by atoms with Gasteiger partial charge in [-0.25, -0.2) is 13.4 Å². The number of aliphatic hydroxyl groups excluding tert-OH is 1. The highest BCUT2D eigenvalue weighted by Gasteiger charge is 2.33. The summed E-state index contributed by atoms with van der Waals surface area (Å²) in [6.07, 6.45) is 2.93. The minimum atomic E-state index is -3.36. The first-order chi connectivity index (χ1) is 8.04. The first-order valence-corrected chi connectivity index (χ1v) is 7.83. The third-order valence-corrected chi connectivity index (χ3v) is 6.19. The Morgan fingerprint density at radius 3 is 3.00 bits per heavy atom. The zero-order chi connectivity index (χ0) is 12.5. The third-order valence-electron chi connectivity index (χ3n) is 2.98. The molecule has 1 aliphatic rings. The largest absolute Gasteiger partial charge is 0.396 e. The van der Waals surface area contributed by atoms with Gasteiger partial charge in [-0.1, -0.05) is 0 Å². The number of thiazole rings is 1. The summed E-state index contributed by atoms with van der Waals surface area (Å²) in [6.45, 7) is 2.98. The topological polar surface area (TPSA) is 70.5 Å². The molecule has 17 heavy (non-hydrogen) atoms. The standard InChI is InChI=1S/C10H16N2O3S2/c1-8-11-6-10(16-8)17(14,15)12-4-2-9(7-12)3-5-13/h6,9,13H,2-5,7H2,1H3. The van der Waals surface area contributed by atoms with E-state index in [9.17, 15) is 8.42 Å². The lowest BCUT2D eigenvalue weighted by Gasteiger charge is -2.14. The highest BCUT2D eigenvalue weighted by atomic mass is 32.2. The van der Waals surface area contributed by atoms with E-state index in [1.807, 2.05) is 0 Å². The van der Waals surface area contributed by atoms with E-state index < -0.39 is 10.0 Å². The smallest absolute Gasteiger partial charge is 0.254 e. The number of hydrogen-bond donors (Lipinski definition) is 1. The maximum atomic E-state index is 12.2. The van der Waals surface area contributed by atoms with Crippen molar-refractivity contribution in [2.45, 2.75) is 24.0 Å². The second-order valence-corrected chi connectivity index (χ2v) is 7.63. The van der Waals surface area contributed by atoms with Crippen molar-refractivity contribution < 1.29 is 13.5 Å². The van der Waals surface area contributed by atoms with Gasteiger partial charge in [0.05, 0.1) is 11.2 Å². The molecule has 0 bridgehead atoms. The van der Waals surface area contributed by atoms with E-state index in [0.717, 1.165) is 11.4 Å². The molecule has 0 amide bonds. The molecule has 0 aliphatic carbocycles. The molecule has 1 saturated heterocycles. The Balaban J connectivity index is 2.13. The van der Waals surface area contributed by atoms with Crippen molar-refractivity contribution in [2.75, 3.05) is 19.7 Å². The number of hydrogen-bond acceptors (Lipinski definition) is 5. The van der Waals surface area contributed by atoms with E-state index in [0.29, 0.717) is 23.7 Å². The number of sulfonamides is 1. The van der Waals surface area contributed by atoms with E-state index in [-0.39, 0.29) is 12.5 Å². The Morgan fingerprint density at radius 1 is 1.65 bits per heavy atom. The number of nitrogens with zero attached hydrogens (tertiary/aromatic N) is 2. The number of rotatable bonds is 4. The predicted octanol–water partition coefficient (Wildman–Crippen LogP) is 0.845. The van der Waals surface area contributed by atoms with Gasteiger partial charge in [-0.05, 0) is 25.7 Å². The van der Waals surface area contributed by atoms with Crippen LogP contribution in [-0.2, 0) is 10.0 Å². The van der Waals surface area contributed by atoms with Crippen LogP contribution in [0.1, 0.15) is 17.8 Å². The average molecular weight is 276 g/mol. The minimum Gasteiger partial charge on any atom is -0.396 e. The van der Waals surface area contributed by atoms with Crippen molar-refractivity contribution in [3.05, 3.63) is 11.2 Å². The molecule has 1 aromatic rings. The highest BCUT2D eigenvalue weighted by molar-refractivity contribution is 7.91. The Morgan fingerprint density at radius 2 is 2.41 bits per heavy atom. The molecule has 1 aromatic heterocycles. The summed E-state index contributed by atoms with van der Waals surface area (Å²) in [7, 11) is -3.36. The SMILES string of the molecule is Cc1ncc(S(=O)(=O)N2CCC(CCO)C2)s1. The van der Waals surface area contributed by atoms with E-state index in [2.05, 4.69) is 4.98 Å². The molecule has 1 unspecified atom stereocenters. The van der Waals surface area contributed by atoms with Crippen LogP contribution in [0.15, 0.2) is 10.4 Å². The molecule has 0 aromatic carbocycles. The summed E-state index contributed by atoms with van der Waals surface area (Å²) < 4.78 is 26.3. The first kappa shape index (κ1) is 12.9. The second-order valence-electron chi connectivity index (χ2n) is 4.23. The quantitative estimate of drug-likeness (QED) is 0.885. The summed E-state index contributed by atoms with van der Waals surface area (Å²) in [6, 6.07) is 0. The van der Waals surface area contributed by atoms with Crippen molar-refractivity contribution in [3.63, 3.8) is 0 Å². The molecule has 7 heteroatoms. The zero-order valence-electron chi connectivity index (χ0n) is 9.66. The fraction of sp³-hybridized carbons (Fsp3) is 0.700. The van der Waals surface area contributed by atoms with Crippen molar-refractivity contribution in [1.29, 1.82) is 0 Å². The van der Waals surface area contributed by atoms with Gasteiger partial charge >= 0.3 is 0 Å².